The van der Waals surface area contributed by atoms with E-state index in [0.717, 1.165) is 11.4 Å². The Labute approximate surface area is 150 Å². The van der Waals surface area contributed by atoms with Crippen molar-refractivity contribution in [3.63, 3.8) is 0 Å². The van der Waals surface area contributed by atoms with Gasteiger partial charge in [0.2, 0.25) is 0 Å². The van der Waals surface area contributed by atoms with Crippen molar-refractivity contribution in [1.82, 2.24) is 4.98 Å². The molecule has 0 spiro atoms. The van der Waals surface area contributed by atoms with Crippen LogP contribution in [0.2, 0.25) is 5.02 Å². The van der Waals surface area contributed by atoms with Crippen LogP contribution in [-0.4, -0.2) is 32.4 Å². The third-order valence-corrected chi connectivity index (χ3v) is 6.49. The number of thiazole rings is 1. The number of hydrogen-bond donors (Lipinski definition) is 0. The summed E-state index contributed by atoms with van der Waals surface area (Å²) in [7, 11) is -3.17. The molecule has 1 fully saturated rings. The molecule has 2 heterocycles. The molecule has 0 bridgehead atoms. The average molecular weight is 388 g/mol. The predicted octanol–water partition coefficient (Wildman–Crippen LogP) is 3.33. The van der Waals surface area contributed by atoms with E-state index in [1.165, 1.54) is 11.3 Å². The van der Waals surface area contributed by atoms with E-state index in [2.05, 4.69) is 4.98 Å². The molecule has 0 N–H and O–H groups in total. The fourth-order valence-corrected chi connectivity index (χ4v) is 5.15. The van der Waals surface area contributed by atoms with Gasteiger partial charge in [-0.25, -0.2) is 13.4 Å². The topological polar surface area (TPSA) is 65.5 Å². The van der Waals surface area contributed by atoms with Crippen LogP contribution >= 0.6 is 22.9 Å². The van der Waals surface area contributed by atoms with E-state index in [4.69, 9.17) is 21.1 Å². The fraction of sp³-hybridized carbons (Fsp3) is 0.438. The third kappa shape index (κ3) is 5.17. The number of benzene rings is 1. The molecule has 1 aromatic heterocycles. The summed E-state index contributed by atoms with van der Waals surface area (Å²) in [5, 5.41) is 3.18. The second-order valence-electron chi connectivity index (χ2n) is 5.76. The van der Waals surface area contributed by atoms with Gasteiger partial charge >= 0.3 is 0 Å². The molecule has 0 radical (unpaired) electrons. The lowest BCUT2D eigenvalue weighted by molar-refractivity contribution is 0.188. The SMILES string of the molecule is O=S(=O)(Cc1csc(COc2ccc(Cl)cc2)n1)C[C@@H]1CCOC1. The Kier molecular flexibility index (Phi) is 5.76. The van der Waals surface area contributed by atoms with Crippen molar-refractivity contribution < 1.29 is 17.9 Å². The van der Waals surface area contributed by atoms with E-state index >= 15 is 0 Å². The minimum atomic E-state index is -3.17. The Bertz CT molecular complexity index is 768. The fourth-order valence-electron chi connectivity index (χ4n) is 2.52. The van der Waals surface area contributed by atoms with Gasteiger partial charge in [-0.05, 0) is 36.6 Å². The van der Waals surface area contributed by atoms with Crippen LogP contribution in [0.3, 0.4) is 0 Å². The Morgan fingerprint density at radius 2 is 2.12 bits per heavy atom. The number of nitrogens with zero attached hydrogens (tertiary/aromatic N) is 1. The Balaban J connectivity index is 1.53. The van der Waals surface area contributed by atoms with Crippen molar-refractivity contribution in [1.29, 1.82) is 0 Å². The molecule has 0 aliphatic carbocycles. The second kappa shape index (κ2) is 7.82. The maximum Gasteiger partial charge on any atom is 0.156 e. The highest BCUT2D eigenvalue weighted by atomic mass is 35.5. The summed E-state index contributed by atoms with van der Waals surface area (Å²) in [6.45, 7) is 1.50. The molecule has 1 aliphatic heterocycles. The number of rotatable bonds is 7. The van der Waals surface area contributed by atoms with Crippen LogP contribution in [0, 0.1) is 5.92 Å². The standard InChI is InChI=1S/C16H18ClNO4S2/c17-13-1-3-15(4-2-13)22-8-16-18-14(9-23-16)11-24(19,20)10-12-5-6-21-7-12/h1-4,9,12H,5-8,10-11H2/t12-/m1/s1. The van der Waals surface area contributed by atoms with Crippen LogP contribution in [0.1, 0.15) is 17.1 Å². The zero-order valence-corrected chi connectivity index (χ0v) is 15.4. The van der Waals surface area contributed by atoms with Gasteiger partial charge in [-0.3, -0.25) is 0 Å². The number of aromatic nitrogens is 1. The van der Waals surface area contributed by atoms with Crippen LogP contribution < -0.4 is 4.74 Å². The van der Waals surface area contributed by atoms with Gasteiger partial charge in [0, 0.05) is 17.0 Å². The quantitative estimate of drug-likeness (QED) is 0.729. The minimum absolute atomic E-state index is 0.0268. The first kappa shape index (κ1) is 17.7. The summed E-state index contributed by atoms with van der Waals surface area (Å²) in [4.78, 5) is 4.36. The third-order valence-electron chi connectivity index (χ3n) is 3.66. The van der Waals surface area contributed by atoms with E-state index in [9.17, 15) is 8.42 Å². The molecular weight excluding hydrogens is 370 g/mol. The minimum Gasteiger partial charge on any atom is -0.486 e. The molecule has 5 nitrogen and oxygen atoms in total. The first-order valence-electron chi connectivity index (χ1n) is 7.60. The van der Waals surface area contributed by atoms with Gasteiger partial charge in [0.1, 0.15) is 17.4 Å². The van der Waals surface area contributed by atoms with E-state index < -0.39 is 9.84 Å². The lowest BCUT2D eigenvalue weighted by atomic mass is 10.2. The van der Waals surface area contributed by atoms with Crippen molar-refractivity contribution in [3.8, 4) is 5.75 Å². The van der Waals surface area contributed by atoms with Crippen LogP contribution in [0.25, 0.3) is 0 Å². The number of sulfone groups is 1. The van der Waals surface area contributed by atoms with Crippen LogP contribution in [0.15, 0.2) is 29.6 Å². The molecule has 2 aromatic rings. The average Bonchev–Trinajstić information content (AvgIpc) is 3.18. The molecule has 1 aromatic carbocycles. The van der Waals surface area contributed by atoms with Crippen LogP contribution in [0.5, 0.6) is 5.75 Å². The molecule has 8 heteroatoms. The highest BCUT2D eigenvalue weighted by molar-refractivity contribution is 7.90. The largest absolute Gasteiger partial charge is 0.486 e. The maximum absolute atomic E-state index is 12.2. The zero-order valence-electron chi connectivity index (χ0n) is 13.0. The van der Waals surface area contributed by atoms with E-state index in [0.29, 0.717) is 36.3 Å². The summed E-state index contributed by atoms with van der Waals surface area (Å²) < 4.78 is 35.3. The Morgan fingerprint density at radius 3 is 2.83 bits per heavy atom. The lowest BCUT2D eigenvalue weighted by Crippen LogP contribution is -2.18. The van der Waals surface area contributed by atoms with Gasteiger partial charge in [-0.15, -0.1) is 11.3 Å². The molecule has 1 saturated heterocycles. The smallest absolute Gasteiger partial charge is 0.156 e. The van der Waals surface area contributed by atoms with Gasteiger partial charge < -0.3 is 9.47 Å². The number of ether oxygens (including phenoxy) is 2. The maximum atomic E-state index is 12.2. The molecule has 3 rings (SSSR count). The summed E-state index contributed by atoms with van der Waals surface area (Å²) >= 11 is 7.23. The summed E-state index contributed by atoms with van der Waals surface area (Å²) in [6, 6.07) is 7.07. The Hall–Kier alpha value is -1.15. The highest BCUT2D eigenvalue weighted by Gasteiger charge is 2.24. The number of hydrogen-bond acceptors (Lipinski definition) is 6. The van der Waals surface area contributed by atoms with Crippen LogP contribution in [-0.2, 0) is 26.9 Å². The molecule has 1 atom stereocenters. The van der Waals surface area contributed by atoms with E-state index in [1.807, 2.05) is 0 Å². The normalized spacial score (nSPS) is 18.0. The molecule has 24 heavy (non-hydrogen) atoms. The van der Waals surface area contributed by atoms with Gasteiger partial charge in [0.05, 0.1) is 23.8 Å². The molecule has 0 unspecified atom stereocenters. The van der Waals surface area contributed by atoms with Crippen molar-refractivity contribution in [2.24, 2.45) is 5.92 Å². The molecule has 0 saturated carbocycles. The summed E-state index contributed by atoms with van der Waals surface area (Å²) in [5.74, 6) is 0.952. The molecule has 130 valence electrons. The first-order valence-corrected chi connectivity index (χ1v) is 10.7. The summed E-state index contributed by atoms with van der Waals surface area (Å²) in [5.41, 5.74) is 0.577. The van der Waals surface area contributed by atoms with Crippen molar-refractivity contribution in [2.45, 2.75) is 18.8 Å². The monoisotopic (exact) mass is 387 g/mol. The van der Waals surface area contributed by atoms with Gasteiger partial charge in [0.15, 0.2) is 9.84 Å². The number of halogens is 1. The second-order valence-corrected chi connectivity index (χ2v) is 9.25. The predicted molar refractivity (Wildman–Crippen MR) is 94.3 cm³/mol. The van der Waals surface area contributed by atoms with Crippen molar-refractivity contribution >= 4 is 32.8 Å². The van der Waals surface area contributed by atoms with Gasteiger partial charge in [-0.2, -0.15) is 0 Å². The van der Waals surface area contributed by atoms with Crippen LogP contribution in [0.4, 0.5) is 0 Å². The first-order chi connectivity index (χ1) is 11.5. The van der Waals surface area contributed by atoms with Crippen molar-refractivity contribution in [3.05, 3.63) is 45.4 Å². The molecular formula is C16H18ClNO4S2. The lowest BCUT2D eigenvalue weighted by Gasteiger charge is -2.07. The van der Waals surface area contributed by atoms with Gasteiger partial charge in [0.25, 0.3) is 0 Å². The molecule has 1 aliphatic rings. The van der Waals surface area contributed by atoms with Crippen molar-refractivity contribution in [2.75, 3.05) is 19.0 Å². The Morgan fingerprint density at radius 1 is 1.33 bits per heavy atom. The zero-order chi connectivity index (χ0) is 17.0. The van der Waals surface area contributed by atoms with E-state index in [1.54, 1.807) is 29.6 Å². The van der Waals surface area contributed by atoms with E-state index in [-0.39, 0.29) is 17.4 Å². The summed E-state index contributed by atoms with van der Waals surface area (Å²) in [6.07, 6.45) is 0.816. The van der Waals surface area contributed by atoms with Gasteiger partial charge in [-0.1, -0.05) is 11.6 Å². The highest BCUT2D eigenvalue weighted by Crippen LogP contribution is 2.20. The molecule has 0 amide bonds.